The van der Waals surface area contributed by atoms with Crippen molar-refractivity contribution in [1.82, 2.24) is 0 Å². The van der Waals surface area contributed by atoms with Crippen LogP contribution in [0.5, 0.6) is 0 Å². The molecule has 16 heteroatoms. The van der Waals surface area contributed by atoms with Gasteiger partial charge < -0.3 is 9.47 Å². The first-order chi connectivity index (χ1) is 12.1. The molecule has 0 saturated heterocycles. The van der Waals surface area contributed by atoms with E-state index in [9.17, 15) is 9.59 Å². The van der Waals surface area contributed by atoms with E-state index in [1.807, 2.05) is 0 Å². The number of ether oxygens (including phenoxy) is 2. The third kappa shape index (κ3) is 11.4. The highest BCUT2D eigenvalue weighted by molar-refractivity contribution is 5.91. The van der Waals surface area contributed by atoms with Gasteiger partial charge in [0.05, 0.1) is 26.2 Å². The third-order valence-electron chi connectivity index (χ3n) is 2.28. The van der Waals surface area contributed by atoms with Gasteiger partial charge in [-0.05, 0) is 22.1 Å². The van der Waals surface area contributed by atoms with Crippen molar-refractivity contribution in [2.45, 2.75) is 18.6 Å². The Kier molecular flexibility index (Phi) is 11.7. The normalized spacial score (nSPS) is 11.2. The van der Waals surface area contributed by atoms with Gasteiger partial charge in [0.2, 0.25) is 0 Å². The molecule has 0 heterocycles. The van der Waals surface area contributed by atoms with Crippen molar-refractivity contribution in [3.63, 3.8) is 0 Å². The minimum Gasteiger partial charge on any atom is -0.462 e. The number of nitrogens with zero attached hydrogens (tertiary/aromatic N) is 12. The minimum atomic E-state index is -1.03. The maximum absolute atomic E-state index is 11.6. The van der Waals surface area contributed by atoms with Crippen LogP contribution in [0.4, 0.5) is 0 Å². The summed E-state index contributed by atoms with van der Waals surface area (Å²) in [6.07, 6.45) is -2.87. The first-order valence-corrected chi connectivity index (χ1v) is 6.49. The molecule has 0 atom stereocenters. The average molecular weight is 352 g/mol. The Morgan fingerprint density at radius 3 is 1.20 bits per heavy atom. The lowest BCUT2D eigenvalue weighted by atomic mass is 10.3. The van der Waals surface area contributed by atoms with Gasteiger partial charge in [0.1, 0.15) is 18.6 Å². The third-order valence-corrected chi connectivity index (χ3v) is 2.28. The summed E-state index contributed by atoms with van der Waals surface area (Å²) in [6, 6.07) is 0. The van der Waals surface area contributed by atoms with Crippen molar-refractivity contribution in [2.24, 2.45) is 20.5 Å². The molecule has 0 aromatic heterocycles. The second kappa shape index (κ2) is 13.8. The molecule has 0 bridgehead atoms. The number of azide groups is 4. The first-order valence-electron chi connectivity index (χ1n) is 6.49. The van der Waals surface area contributed by atoms with E-state index in [0.29, 0.717) is 0 Å². The van der Waals surface area contributed by atoms with Gasteiger partial charge in [-0.1, -0.05) is 20.5 Å². The van der Waals surface area contributed by atoms with Crippen molar-refractivity contribution in [1.29, 1.82) is 0 Å². The molecule has 0 radical (unpaired) electrons. The molecule has 0 aliphatic heterocycles. The maximum atomic E-state index is 11.6. The van der Waals surface area contributed by atoms with Gasteiger partial charge in [0.15, 0.2) is 0 Å². The molecule has 0 spiro atoms. The van der Waals surface area contributed by atoms with E-state index in [2.05, 4.69) is 40.1 Å². The second-order valence-corrected chi connectivity index (χ2v) is 4.05. The zero-order valence-electron chi connectivity index (χ0n) is 12.7. The second-order valence-electron chi connectivity index (χ2n) is 4.05. The SMILES string of the molecule is [N-]=[N+]=NCC(CN=[N+]=[N-])OC(=O)CC(=O)OC(CN=[N+]=[N-])CN=[N+]=[N-]. The summed E-state index contributed by atoms with van der Waals surface area (Å²) in [7, 11) is 0. The molecule has 16 nitrogen and oxygen atoms in total. The summed E-state index contributed by atoms with van der Waals surface area (Å²) in [6.45, 7) is -1.14. The van der Waals surface area contributed by atoms with Gasteiger partial charge in [-0.2, -0.15) is 0 Å². The molecule has 0 rings (SSSR count). The topological polar surface area (TPSA) is 248 Å². The summed E-state index contributed by atoms with van der Waals surface area (Å²) in [5, 5.41) is 12.7. The number of carbonyl (C=O) groups excluding carboxylic acids is 2. The van der Waals surface area contributed by atoms with Crippen molar-refractivity contribution < 1.29 is 19.1 Å². The molecule has 0 N–H and O–H groups in total. The Morgan fingerprint density at radius 1 is 0.680 bits per heavy atom. The molecule has 0 aromatic carbocycles. The van der Waals surface area contributed by atoms with Crippen LogP contribution in [0.2, 0.25) is 0 Å². The molecule has 0 amide bonds. The predicted molar refractivity (Wildman–Crippen MR) is 80.4 cm³/mol. The van der Waals surface area contributed by atoms with Crippen LogP contribution in [0, 0.1) is 0 Å². The summed E-state index contributed by atoms with van der Waals surface area (Å²) in [5.74, 6) is -2.02. The standard InChI is InChI=1S/C9H12N12O4/c10-18-14-2-6(3-15-19-11)24-8(22)1-9(23)25-7(4-16-20-12)5-17-21-13/h6-7H,1-5H2. The van der Waals surface area contributed by atoms with E-state index < -0.39 is 30.6 Å². The fourth-order valence-corrected chi connectivity index (χ4v) is 1.35. The largest absolute Gasteiger partial charge is 0.462 e. The highest BCUT2D eigenvalue weighted by Crippen LogP contribution is 2.03. The van der Waals surface area contributed by atoms with Gasteiger partial charge in [-0.3, -0.25) is 9.59 Å². The Labute approximate surface area is 139 Å². The van der Waals surface area contributed by atoms with Crippen LogP contribution < -0.4 is 0 Å². The molecular formula is C9H12N12O4. The summed E-state index contributed by atoms with van der Waals surface area (Å²) >= 11 is 0. The predicted octanol–water partition coefficient (Wildman–Crippen LogP) is 2.44. The number of rotatable bonds is 12. The van der Waals surface area contributed by atoms with Gasteiger partial charge >= 0.3 is 11.9 Å². The van der Waals surface area contributed by atoms with Gasteiger partial charge in [0, 0.05) is 19.6 Å². The van der Waals surface area contributed by atoms with Crippen LogP contribution in [-0.2, 0) is 19.1 Å². The van der Waals surface area contributed by atoms with E-state index in [-0.39, 0.29) is 26.2 Å². The highest BCUT2D eigenvalue weighted by Gasteiger charge is 2.20. The minimum absolute atomic E-state index is 0.285. The molecule has 0 unspecified atom stereocenters. The zero-order chi connectivity index (χ0) is 18.9. The number of carbonyl (C=O) groups is 2. The molecule has 0 aromatic rings. The molecule has 0 saturated carbocycles. The molecule has 0 aliphatic rings. The van der Waals surface area contributed by atoms with E-state index in [1.54, 1.807) is 0 Å². The van der Waals surface area contributed by atoms with Crippen molar-refractivity contribution in [2.75, 3.05) is 26.2 Å². The lowest BCUT2D eigenvalue weighted by molar-refractivity contribution is -0.159. The fourth-order valence-electron chi connectivity index (χ4n) is 1.35. The molecule has 25 heavy (non-hydrogen) atoms. The van der Waals surface area contributed by atoms with Crippen LogP contribution in [0.3, 0.4) is 0 Å². The molecule has 0 aliphatic carbocycles. The average Bonchev–Trinajstić information content (AvgIpc) is 2.59. The number of hydrogen-bond acceptors (Lipinski definition) is 8. The van der Waals surface area contributed by atoms with E-state index in [0.717, 1.165) is 0 Å². The van der Waals surface area contributed by atoms with Crippen molar-refractivity contribution in [3.05, 3.63) is 41.8 Å². The molecule has 0 fully saturated rings. The Balaban J connectivity index is 4.63. The van der Waals surface area contributed by atoms with Gasteiger partial charge in [-0.25, -0.2) is 0 Å². The quantitative estimate of drug-likeness (QED) is 0.168. The van der Waals surface area contributed by atoms with E-state index >= 15 is 0 Å². The summed E-state index contributed by atoms with van der Waals surface area (Å²) in [4.78, 5) is 33.2. The number of hydrogen-bond donors (Lipinski definition) is 0. The Morgan fingerprint density at radius 2 is 0.960 bits per heavy atom. The van der Waals surface area contributed by atoms with Crippen LogP contribution in [0.15, 0.2) is 20.5 Å². The van der Waals surface area contributed by atoms with E-state index in [1.165, 1.54) is 0 Å². The van der Waals surface area contributed by atoms with Crippen LogP contribution in [0.25, 0.3) is 41.8 Å². The van der Waals surface area contributed by atoms with Crippen LogP contribution >= 0.6 is 0 Å². The lowest BCUT2D eigenvalue weighted by Gasteiger charge is -2.15. The fraction of sp³-hybridized carbons (Fsp3) is 0.778. The smallest absolute Gasteiger partial charge is 0.317 e. The first kappa shape index (κ1) is 21.2. The monoisotopic (exact) mass is 352 g/mol. The van der Waals surface area contributed by atoms with Crippen LogP contribution in [-0.4, -0.2) is 50.3 Å². The highest BCUT2D eigenvalue weighted by atomic mass is 16.6. The maximum Gasteiger partial charge on any atom is 0.317 e. The van der Waals surface area contributed by atoms with Crippen LogP contribution in [0.1, 0.15) is 6.42 Å². The van der Waals surface area contributed by atoms with Gasteiger partial charge in [0.25, 0.3) is 0 Å². The Hall–Kier alpha value is -3.82. The van der Waals surface area contributed by atoms with E-state index in [4.69, 9.17) is 31.6 Å². The molecule has 132 valence electrons. The number of esters is 2. The zero-order valence-corrected chi connectivity index (χ0v) is 12.7. The Bertz CT molecular complexity index is 557. The van der Waals surface area contributed by atoms with Crippen molar-refractivity contribution >= 4 is 11.9 Å². The molecular weight excluding hydrogens is 340 g/mol. The van der Waals surface area contributed by atoms with Crippen molar-refractivity contribution in [3.8, 4) is 0 Å². The summed E-state index contributed by atoms with van der Waals surface area (Å²) in [5.41, 5.74) is 32.9. The lowest BCUT2D eigenvalue weighted by Crippen LogP contribution is -2.28. The summed E-state index contributed by atoms with van der Waals surface area (Å²) < 4.78 is 9.67. The van der Waals surface area contributed by atoms with Gasteiger partial charge in [-0.15, -0.1) is 0 Å².